The molecule has 1 aliphatic heterocycles. The van der Waals surface area contributed by atoms with Gasteiger partial charge in [-0.2, -0.15) is 0 Å². The molecule has 5 heteroatoms. The summed E-state index contributed by atoms with van der Waals surface area (Å²) in [6.07, 6.45) is 0. The van der Waals surface area contributed by atoms with Crippen molar-refractivity contribution in [2.75, 3.05) is 13.1 Å². The fourth-order valence-electron chi connectivity index (χ4n) is 2.63. The van der Waals surface area contributed by atoms with Gasteiger partial charge in [0.25, 0.3) is 0 Å². The van der Waals surface area contributed by atoms with E-state index in [1.165, 1.54) is 0 Å². The minimum absolute atomic E-state index is 0.140. The molecule has 1 fully saturated rings. The van der Waals surface area contributed by atoms with Gasteiger partial charge in [-0.05, 0) is 30.5 Å². The normalized spacial score (nSPS) is 25.5. The van der Waals surface area contributed by atoms with Gasteiger partial charge in [-0.15, -0.1) is 0 Å². The quantitative estimate of drug-likeness (QED) is 0.925. The molecule has 1 aliphatic rings. The van der Waals surface area contributed by atoms with Crippen LogP contribution in [0.25, 0.3) is 0 Å². The standard InChI is InChI=1S/C14H17Cl2NO2/c1-8-6-17(7-11(8)14(18)19)9(2)10-3-4-12(15)13(16)5-10/h3-5,8-9,11H,6-7H2,1-2H3,(H,18,19). The summed E-state index contributed by atoms with van der Waals surface area (Å²) in [5.41, 5.74) is 1.06. The Labute approximate surface area is 123 Å². The summed E-state index contributed by atoms with van der Waals surface area (Å²) in [7, 11) is 0. The Balaban J connectivity index is 2.14. The molecule has 0 saturated carbocycles. The molecular formula is C14H17Cl2NO2. The van der Waals surface area contributed by atoms with Crippen molar-refractivity contribution in [2.24, 2.45) is 11.8 Å². The fourth-order valence-corrected chi connectivity index (χ4v) is 2.93. The Hall–Kier alpha value is -0.770. The molecule has 0 amide bonds. The van der Waals surface area contributed by atoms with Crippen LogP contribution >= 0.6 is 23.2 Å². The molecule has 0 bridgehead atoms. The Morgan fingerprint density at radius 1 is 1.37 bits per heavy atom. The second-order valence-corrected chi connectivity index (χ2v) is 6.04. The van der Waals surface area contributed by atoms with Gasteiger partial charge in [0.15, 0.2) is 0 Å². The molecule has 19 heavy (non-hydrogen) atoms. The first-order chi connectivity index (χ1) is 8.90. The van der Waals surface area contributed by atoms with Crippen LogP contribution in [0, 0.1) is 11.8 Å². The number of halogens is 2. The van der Waals surface area contributed by atoms with E-state index in [2.05, 4.69) is 11.8 Å². The van der Waals surface area contributed by atoms with Crippen LogP contribution in [-0.2, 0) is 4.79 Å². The van der Waals surface area contributed by atoms with Crippen molar-refractivity contribution in [3.8, 4) is 0 Å². The molecule has 104 valence electrons. The predicted octanol–water partition coefficient (Wildman–Crippen LogP) is 3.71. The molecular weight excluding hydrogens is 285 g/mol. The van der Waals surface area contributed by atoms with Crippen LogP contribution in [0.1, 0.15) is 25.5 Å². The second-order valence-electron chi connectivity index (χ2n) is 5.23. The monoisotopic (exact) mass is 301 g/mol. The molecule has 3 unspecified atom stereocenters. The number of hydrogen-bond acceptors (Lipinski definition) is 2. The number of rotatable bonds is 3. The lowest BCUT2D eigenvalue weighted by Gasteiger charge is -2.24. The van der Waals surface area contributed by atoms with Gasteiger partial charge in [-0.1, -0.05) is 36.2 Å². The molecule has 1 aromatic carbocycles. The van der Waals surface area contributed by atoms with E-state index in [0.717, 1.165) is 12.1 Å². The maximum Gasteiger partial charge on any atom is 0.308 e. The number of hydrogen-bond donors (Lipinski definition) is 1. The molecule has 2 rings (SSSR count). The van der Waals surface area contributed by atoms with Gasteiger partial charge < -0.3 is 5.11 Å². The van der Waals surface area contributed by atoms with Crippen LogP contribution in [-0.4, -0.2) is 29.1 Å². The van der Waals surface area contributed by atoms with Gasteiger partial charge in [-0.25, -0.2) is 0 Å². The van der Waals surface area contributed by atoms with Crippen LogP contribution in [0.3, 0.4) is 0 Å². The first-order valence-electron chi connectivity index (χ1n) is 6.32. The zero-order chi connectivity index (χ0) is 14.2. The molecule has 0 aromatic heterocycles. The molecule has 0 radical (unpaired) electrons. The number of likely N-dealkylation sites (tertiary alicyclic amines) is 1. The van der Waals surface area contributed by atoms with Crippen LogP contribution in [0.15, 0.2) is 18.2 Å². The van der Waals surface area contributed by atoms with Gasteiger partial charge in [0.05, 0.1) is 16.0 Å². The maximum atomic E-state index is 11.2. The van der Waals surface area contributed by atoms with Crippen molar-refractivity contribution in [2.45, 2.75) is 19.9 Å². The third-order valence-electron chi connectivity index (χ3n) is 3.93. The SMILES string of the molecule is CC1CN(C(C)c2ccc(Cl)c(Cl)c2)CC1C(=O)O. The molecule has 1 N–H and O–H groups in total. The third-order valence-corrected chi connectivity index (χ3v) is 4.67. The van der Waals surface area contributed by atoms with Crippen LogP contribution in [0.2, 0.25) is 10.0 Å². The third kappa shape index (κ3) is 3.04. The molecule has 3 atom stereocenters. The molecule has 3 nitrogen and oxygen atoms in total. The smallest absolute Gasteiger partial charge is 0.308 e. The lowest BCUT2D eigenvalue weighted by Crippen LogP contribution is -2.26. The minimum atomic E-state index is -0.712. The average Bonchev–Trinajstić information content (AvgIpc) is 2.74. The zero-order valence-electron chi connectivity index (χ0n) is 10.9. The van der Waals surface area contributed by atoms with E-state index < -0.39 is 5.97 Å². The van der Waals surface area contributed by atoms with E-state index in [-0.39, 0.29) is 17.9 Å². The molecule has 0 aliphatic carbocycles. The van der Waals surface area contributed by atoms with Crippen LogP contribution < -0.4 is 0 Å². The van der Waals surface area contributed by atoms with Gasteiger partial charge in [-0.3, -0.25) is 9.69 Å². The first kappa shape index (κ1) is 14.6. The first-order valence-corrected chi connectivity index (χ1v) is 7.07. The topological polar surface area (TPSA) is 40.5 Å². The zero-order valence-corrected chi connectivity index (χ0v) is 12.4. The number of carbonyl (C=O) groups is 1. The van der Waals surface area contributed by atoms with E-state index >= 15 is 0 Å². The summed E-state index contributed by atoms with van der Waals surface area (Å²) in [6, 6.07) is 5.72. The van der Waals surface area contributed by atoms with Gasteiger partial charge in [0.2, 0.25) is 0 Å². The largest absolute Gasteiger partial charge is 0.481 e. The Morgan fingerprint density at radius 2 is 2.05 bits per heavy atom. The fraction of sp³-hybridized carbons (Fsp3) is 0.500. The summed E-state index contributed by atoms with van der Waals surface area (Å²) in [5.74, 6) is -0.829. The lowest BCUT2D eigenvalue weighted by molar-refractivity contribution is -0.142. The Kier molecular flexibility index (Phi) is 4.39. The summed E-state index contributed by atoms with van der Waals surface area (Å²) in [6.45, 7) is 5.42. The molecule has 1 saturated heterocycles. The van der Waals surface area contributed by atoms with Crippen molar-refractivity contribution in [1.29, 1.82) is 0 Å². The van der Waals surface area contributed by atoms with E-state index in [9.17, 15) is 4.79 Å². The van der Waals surface area contributed by atoms with E-state index in [4.69, 9.17) is 28.3 Å². The van der Waals surface area contributed by atoms with E-state index in [1.54, 1.807) is 6.07 Å². The summed E-state index contributed by atoms with van der Waals surface area (Å²) >= 11 is 11.9. The highest BCUT2D eigenvalue weighted by molar-refractivity contribution is 6.42. The van der Waals surface area contributed by atoms with Crippen molar-refractivity contribution >= 4 is 29.2 Å². The summed E-state index contributed by atoms with van der Waals surface area (Å²) in [5, 5.41) is 10.2. The Morgan fingerprint density at radius 3 is 2.58 bits per heavy atom. The number of carboxylic acids is 1. The van der Waals surface area contributed by atoms with E-state index in [0.29, 0.717) is 16.6 Å². The second kappa shape index (κ2) is 5.70. The van der Waals surface area contributed by atoms with Crippen molar-refractivity contribution in [1.82, 2.24) is 4.90 Å². The van der Waals surface area contributed by atoms with Crippen LogP contribution in [0.5, 0.6) is 0 Å². The minimum Gasteiger partial charge on any atom is -0.481 e. The van der Waals surface area contributed by atoms with Gasteiger partial charge >= 0.3 is 5.97 Å². The van der Waals surface area contributed by atoms with Crippen molar-refractivity contribution in [3.05, 3.63) is 33.8 Å². The van der Waals surface area contributed by atoms with Gasteiger partial charge in [0, 0.05) is 19.1 Å². The highest BCUT2D eigenvalue weighted by Gasteiger charge is 2.36. The maximum absolute atomic E-state index is 11.2. The molecule has 1 heterocycles. The number of benzene rings is 1. The Bertz CT molecular complexity index is 492. The van der Waals surface area contributed by atoms with Crippen molar-refractivity contribution < 1.29 is 9.90 Å². The highest BCUT2D eigenvalue weighted by atomic mass is 35.5. The highest BCUT2D eigenvalue weighted by Crippen LogP contribution is 2.33. The number of carboxylic acid groups (broad SMARTS) is 1. The summed E-state index contributed by atoms with van der Waals surface area (Å²) < 4.78 is 0. The van der Waals surface area contributed by atoms with Crippen LogP contribution in [0.4, 0.5) is 0 Å². The number of nitrogens with zero attached hydrogens (tertiary/aromatic N) is 1. The molecule has 0 spiro atoms. The van der Waals surface area contributed by atoms with Crippen molar-refractivity contribution in [3.63, 3.8) is 0 Å². The average molecular weight is 302 g/mol. The van der Waals surface area contributed by atoms with E-state index in [1.807, 2.05) is 19.1 Å². The predicted molar refractivity (Wildman–Crippen MR) is 76.7 cm³/mol. The number of aliphatic carboxylic acids is 1. The summed E-state index contributed by atoms with van der Waals surface area (Å²) in [4.78, 5) is 13.3. The van der Waals surface area contributed by atoms with Gasteiger partial charge in [0.1, 0.15) is 0 Å². The molecule has 1 aromatic rings. The lowest BCUT2D eigenvalue weighted by atomic mass is 9.99.